The first-order chi connectivity index (χ1) is 10.7. The molecule has 3 aromatic heterocycles. The van der Waals surface area contributed by atoms with Crippen molar-refractivity contribution >= 4 is 0 Å². The SMILES string of the molecule is Cc1cccnc1CN(C)Cc1cnc(-c2ccco2)nc1. The van der Waals surface area contributed by atoms with Gasteiger partial charge in [-0.1, -0.05) is 6.07 Å². The van der Waals surface area contributed by atoms with E-state index in [1.54, 1.807) is 6.26 Å². The molecule has 0 unspecified atom stereocenters. The molecule has 0 radical (unpaired) electrons. The van der Waals surface area contributed by atoms with E-state index in [-0.39, 0.29) is 0 Å². The molecular weight excluding hydrogens is 276 g/mol. The van der Waals surface area contributed by atoms with Gasteiger partial charge in [-0.15, -0.1) is 0 Å². The van der Waals surface area contributed by atoms with Gasteiger partial charge < -0.3 is 4.42 Å². The quantitative estimate of drug-likeness (QED) is 0.724. The highest BCUT2D eigenvalue weighted by Gasteiger charge is 2.07. The Kier molecular flexibility index (Phi) is 4.25. The first-order valence-electron chi connectivity index (χ1n) is 7.16. The zero-order valence-corrected chi connectivity index (χ0v) is 12.7. The number of hydrogen-bond acceptors (Lipinski definition) is 5. The molecule has 0 atom stereocenters. The second kappa shape index (κ2) is 6.49. The topological polar surface area (TPSA) is 55.1 Å². The molecule has 0 spiro atoms. The van der Waals surface area contributed by atoms with E-state index in [2.05, 4.69) is 39.9 Å². The summed E-state index contributed by atoms with van der Waals surface area (Å²) in [7, 11) is 2.06. The van der Waals surface area contributed by atoms with Crippen LogP contribution in [0.15, 0.2) is 53.5 Å². The summed E-state index contributed by atoms with van der Waals surface area (Å²) in [5, 5.41) is 0. The maximum atomic E-state index is 5.29. The summed E-state index contributed by atoms with van der Waals surface area (Å²) in [6, 6.07) is 7.72. The molecule has 22 heavy (non-hydrogen) atoms. The standard InChI is InChI=1S/C17H18N4O/c1-13-5-3-7-18-15(13)12-21(2)11-14-9-19-17(20-10-14)16-6-4-8-22-16/h3-10H,11-12H2,1-2H3. The van der Waals surface area contributed by atoms with Gasteiger partial charge in [0.05, 0.1) is 12.0 Å². The summed E-state index contributed by atoms with van der Waals surface area (Å²) in [6.07, 6.45) is 7.13. The third-order valence-electron chi connectivity index (χ3n) is 3.44. The minimum atomic E-state index is 0.608. The average Bonchev–Trinajstić information content (AvgIpc) is 3.05. The highest BCUT2D eigenvalue weighted by Crippen LogP contribution is 2.15. The Morgan fingerprint density at radius 2 is 1.86 bits per heavy atom. The Balaban J connectivity index is 1.64. The first kappa shape index (κ1) is 14.4. The largest absolute Gasteiger partial charge is 0.461 e. The smallest absolute Gasteiger partial charge is 0.195 e. The van der Waals surface area contributed by atoms with Gasteiger partial charge in [0.25, 0.3) is 0 Å². The molecule has 0 fully saturated rings. The minimum Gasteiger partial charge on any atom is -0.461 e. The van der Waals surface area contributed by atoms with Crippen LogP contribution in [0.5, 0.6) is 0 Å². The Bertz CT molecular complexity index is 723. The van der Waals surface area contributed by atoms with Crippen molar-refractivity contribution in [1.82, 2.24) is 19.9 Å². The summed E-state index contributed by atoms with van der Waals surface area (Å²) in [5.74, 6) is 1.29. The Morgan fingerprint density at radius 1 is 1.05 bits per heavy atom. The number of furan rings is 1. The van der Waals surface area contributed by atoms with E-state index in [9.17, 15) is 0 Å². The fraction of sp³-hybridized carbons (Fsp3) is 0.235. The van der Waals surface area contributed by atoms with Crippen LogP contribution in [0.2, 0.25) is 0 Å². The van der Waals surface area contributed by atoms with E-state index in [0.29, 0.717) is 11.6 Å². The highest BCUT2D eigenvalue weighted by atomic mass is 16.3. The average molecular weight is 294 g/mol. The monoisotopic (exact) mass is 294 g/mol. The zero-order valence-electron chi connectivity index (χ0n) is 12.7. The number of aromatic nitrogens is 3. The third kappa shape index (κ3) is 3.38. The van der Waals surface area contributed by atoms with Crippen molar-refractivity contribution in [1.29, 1.82) is 0 Å². The summed E-state index contributed by atoms with van der Waals surface area (Å²) < 4.78 is 5.29. The Morgan fingerprint density at radius 3 is 2.55 bits per heavy atom. The van der Waals surface area contributed by atoms with Gasteiger partial charge in [-0.05, 0) is 37.7 Å². The molecule has 5 nitrogen and oxygen atoms in total. The van der Waals surface area contributed by atoms with Crippen molar-refractivity contribution in [2.45, 2.75) is 20.0 Å². The zero-order chi connectivity index (χ0) is 15.4. The van der Waals surface area contributed by atoms with Gasteiger partial charge in [-0.3, -0.25) is 9.88 Å². The molecule has 0 bridgehead atoms. The van der Waals surface area contributed by atoms with Crippen LogP contribution in [0, 0.1) is 6.92 Å². The maximum absolute atomic E-state index is 5.29. The van der Waals surface area contributed by atoms with Crippen molar-refractivity contribution in [2.75, 3.05) is 7.05 Å². The molecule has 0 aliphatic heterocycles. The number of rotatable bonds is 5. The third-order valence-corrected chi connectivity index (χ3v) is 3.44. The van der Waals surface area contributed by atoms with Gasteiger partial charge >= 0.3 is 0 Å². The first-order valence-corrected chi connectivity index (χ1v) is 7.16. The van der Waals surface area contributed by atoms with Crippen molar-refractivity contribution in [3.63, 3.8) is 0 Å². The van der Waals surface area contributed by atoms with Crippen LogP contribution in [0.25, 0.3) is 11.6 Å². The van der Waals surface area contributed by atoms with Gasteiger partial charge in [0.15, 0.2) is 11.6 Å². The summed E-state index contributed by atoms with van der Waals surface area (Å²) in [6.45, 7) is 3.65. The second-order valence-corrected chi connectivity index (χ2v) is 5.33. The van der Waals surface area contributed by atoms with E-state index in [1.807, 2.05) is 36.8 Å². The minimum absolute atomic E-state index is 0.608. The van der Waals surface area contributed by atoms with Crippen molar-refractivity contribution in [3.8, 4) is 11.6 Å². The molecule has 0 aromatic carbocycles. The van der Waals surface area contributed by atoms with Crippen LogP contribution in [-0.4, -0.2) is 26.9 Å². The van der Waals surface area contributed by atoms with Crippen LogP contribution in [-0.2, 0) is 13.1 Å². The fourth-order valence-corrected chi connectivity index (χ4v) is 2.28. The van der Waals surface area contributed by atoms with E-state index in [0.717, 1.165) is 24.3 Å². The second-order valence-electron chi connectivity index (χ2n) is 5.33. The Labute approximate surface area is 129 Å². The molecule has 0 saturated heterocycles. The fourth-order valence-electron chi connectivity index (χ4n) is 2.28. The van der Waals surface area contributed by atoms with Gasteiger partial charge in [0, 0.05) is 37.2 Å². The van der Waals surface area contributed by atoms with Crippen LogP contribution in [0.4, 0.5) is 0 Å². The molecular formula is C17H18N4O. The molecule has 5 heteroatoms. The van der Waals surface area contributed by atoms with Crippen LogP contribution >= 0.6 is 0 Å². The molecule has 0 saturated carbocycles. The molecule has 0 aliphatic carbocycles. The summed E-state index contributed by atoms with van der Waals surface area (Å²) in [5.41, 5.74) is 3.36. The van der Waals surface area contributed by atoms with Crippen molar-refractivity contribution < 1.29 is 4.42 Å². The van der Waals surface area contributed by atoms with E-state index < -0.39 is 0 Å². The number of hydrogen-bond donors (Lipinski definition) is 0. The highest BCUT2D eigenvalue weighted by molar-refractivity contribution is 5.45. The predicted octanol–water partition coefficient (Wildman–Crippen LogP) is 3.07. The maximum Gasteiger partial charge on any atom is 0.195 e. The van der Waals surface area contributed by atoms with Crippen LogP contribution in [0.3, 0.4) is 0 Å². The molecule has 3 aromatic rings. The van der Waals surface area contributed by atoms with Gasteiger partial charge in [-0.25, -0.2) is 9.97 Å². The number of nitrogens with zero attached hydrogens (tertiary/aromatic N) is 4. The predicted molar refractivity (Wildman–Crippen MR) is 83.9 cm³/mol. The molecule has 3 rings (SSSR count). The summed E-state index contributed by atoms with van der Waals surface area (Å²) in [4.78, 5) is 15.3. The number of pyridine rings is 1. The van der Waals surface area contributed by atoms with Crippen molar-refractivity contribution in [3.05, 3.63) is 65.9 Å². The molecule has 0 aliphatic rings. The summed E-state index contributed by atoms with van der Waals surface area (Å²) >= 11 is 0. The van der Waals surface area contributed by atoms with Gasteiger partial charge in [-0.2, -0.15) is 0 Å². The molecule has 0 N–H and O–H groups in total. The molecule has 3 heterocycles. The van der Waals surface area contributed by atoms with Crippen LogP contribution in [0.1, 0.15) is 16.8 Å². The van der Waals surface area contributed by atoms with E-state index in [4.69, 9.17) is 4.42 Å². The molecule has 112 valence electrons. The lowest BCUT2D eigenvalue weighted by molar-refractivity contribution is 0.313. The Hall–Kier alpha value is -2.53. The van der Waals surface area contributed by atoms with E-state index >= 15 is 0 Å². The number of aryl methyl sites for hydroxylation is 1. The lowest BCUT2D eigenvalue weighted by Gasteiger charge is -2.17. The van der Waals surface area contributed by atoms with Crippen LogP contribution < -0.4 is 0 Å². The van der Waals surface area contributed by atoms with E-state index in [1.165, 1.54) is 5.56 Å². The lowest BCUT2D eigenvalue weighted by Crippen LogP contribution is -2.19. The van der Waals surface area contributed by atoms with Crippen molar-refractivity contribution in [2.24, 2.45) is 0 Å². The normalized spacial score (nSPS) is 11.0. The van der Waals surface area contributed by atoms with Gasteiger partial charge in [0.1, 0.15) is 0 Å². The molecule has 0 amide bonds. The lowest BCUT2D eigenvalue weighted by atomic mass is 10.2. The van der Waals surface area contributed by atoms with Gasteiger partial charge in [0.2, 0.25) is 0 Å².